The maximum atomic E-state index is 4.05. The van der Waals surface area contributed by atoms with Crippen molar-refractivity contribution in [1.82, 2.24) is 0 Å². The highest BCUT2D eigenvalue weighted by molar-refractivity contribution is 7.85. The average molecular weight is 121 g/mol. The fourth-order valence-corrected chi connectivity index (χ4v) is 0. The van der Waals surface area contributed by atoms with Crippen molar-refractivity contribution in [2.75, 3.05) is 0 Å². The fraction of sp³-hybridized carbons (Fsp3) is 0.750. The molecule has 0 N–H and O–H groups in total. The zero-order chi connectivity index (χ0) is 5.15. The summed E-state index contributed by atoms with van der Waals surface area (Å²) in [6, 6.07) is 0. The quantitative estimate of drug-likeness (QED) is 0.482. The van der Waals surface area contributed by atoms with Crippen LogP contribution in [0.5, 0.6) is 0 Å². The molecule has 0 saturated carbocycles. The molecular weight excluding hydrogens is 112 g/mol. The third-order valence-corrected chi connectivity index (χ3v) is 1.60. The molecule has 0 saturated heterocycles. The van der Waals surface area contributed by atoms with E-state index in [4.69, 9.17) is 0 Å². The maximum Gasteiger partial charge on any atom is 0.0131 e. The summed E-state index contributed by atoms with van der Waals surface area (Å²) in [5, 5.41) is 0.460. The molecule has 0 aromatic heterocycles. The molecule has 0 heterocycles. The third-order valence-electron chi connectivity index (χ3n) is 0.557. The van der Waals surface area contributed by atoms with Crippen LogP contribution in [0, 0.1) is 6.92 Å². The van der Waals surface area contributed by atoms with Crippen LogP contribution < -0.4 is 0 Å². The molecule has 2 heteroatoms. The molecule has 0 aliphatic heterocycles. The first kappa shape index (κ1) is 6.70. The lowest BCUT2D eigenvalue weighted by Crippen LogP contribution is -2.04. The molecule has 2 atom stereocenters. The van der Waals surface area contributed by atoms with Gasteiger partial charge in [0.1, 0.15) is 0 Å². The number of hydrogen-bond acceptors (Lipinski definition) is 2. The van der Waals surface area contributed by atoms with Crippen LogP contribution in [0.3, 0.4) is 0 Å². The summed E-state index contributed by atoms with van der Waals surface area (Å²) in [4.78, 5) is 0. The Labute approximate surface area is 50.1 Å². The summed E-state index contributed by atoms with van der Waals surface area (Å²) < 4.78 is 0. The van der Waals surface area contributed by atoms with Gasteiger partial charge in [0.2, 0.25) is 0 Å². The molecule has 0 aliphatic carbocycles. The SMILES string of the molecule is [CH2]C(S)C(C)S. The van der Waals surface area contributed by atoms with Crippen LogP contribution in [0.15, 0.2) is 0 Å². The highest BCUT2D eigenvalue weighted by Crippen LogP contribution is 2.04. The fourth-order valence-electron chi connectivity index (χ4n) is 0. The molecule has 0 aliphatic rings. The summed E-state index contributed by atoms with van der Waals surface area (Å²) in [6.07, 6.45) is 0. The number of hydrogen-bond donors (Lipinski definition) is 2. The molecule has 0 amide bonds. The van der Waals surface area contributed by atoms with E-state index in [0.717, 1.165) is 0 Å². The van der Waals surface area contributed by atoms with Crippen molar-refractivity contribution in [2.45, 2.75) is 17.4 Å². The van der Waals surface area contributed by atoms with Gasteiger partial charge in [-0.2, -0.15) is 25.3 Å². The zero-order valence-corrected chi connectivity index (χ0v) is 5.55. The second-order valence-corrected chi connectivity index (χ2v) is 2.79. The second-order valence-electron chi connectivity index (χ2n) is 1.31. The number of rotatable bonds is 1. The predicted molar refractivity (Wildman–Crippen MR) is 36.6 cm³/mol. The summed E-state index contributed by atoms with van der Waals surface area (Å²) in [5.74, 6) is 0. The highest BCUT2D eigenvalue weighted by atomic mass is 32.1. The summed E-state index contributed by atoms with van der Waals surface area (Å²) >= 11 is 8.06. The third kappa shape index (κ3) is 2.91. The van der Waals surface area contributed by atoms with Crippen molar-refractivity contribution in [3.8, 4) is 0 Å². The van der Waals surface area contributed by atoms with Gasteiger partial charge in [0.05, 0.1) is 0 Å². The van der Waals surface area contributed by atoms with E-state index < -0.39 is 0 Å². The minimum atomic E-state index is 0.160. The van der Waals surface area contributed by atoms with E-state index in [2.05, 4.69) is 32.2 Å². The van der Waals surface area contributed by atoms with Crippen LogP contribution in [0.2, 0.25) is 0 Å². The van der Waals surface area contributed by atoms with Gasteiger partial charge in [-0.05, 0) is 6.92 Å². The standard InChI is InChI=1S/C4H9S2/c1-3(5)4(2)6/h3-6H,1H2,2H3. The van der Waals surface area contributed by atoms with E-state index in [-0.39, 0.29) is 5.25 Å². The largest absolute Gasteiger partial charge is 0.175 e. The lowest BCUT2D eigenvalue weighted by Gasteiger charge is -2.03. The molecule has 0 bridgehead atoms. The Morgan fingerprint density at radius 1 is 1.50 bits per heavy atom. The van der Waals surface area contributed by atoms with Gasteiger partial charge >= 0.3 is 0 Å². The summed E-state index contributed by atoms with van der Waals surface area (Å²) in [6.45, 7) is 5.59. The molecule has 1 radical (unpaired) electrons. The van der Waals surface area contributed by atoms with Crippen LogP contribution in [-0.2, 0) is 0 Å². The lowest BCUT2D eigenvalue weighted by molar-refractivity contribution is 1.01. The van der Waals surface area contributed by atoms with Gasteiger partial charge in [-0.25, -0.2) is 0 Å². The van der Waals surface area contributed by atoms with Gasteiger partial charge in [-0.1, -0.05) is 6.92 Å². The Morgan fingerprint density at radius 2 is 1.67 bits per heavy atom. The molecule has 2 unspecified atom stereocenters. The smallest absolute Gasteiger partial charge is 0.0131 e. The molecule has 0 rings (SSSR count). The van der Waals surface area contributed by atoms with Crippen molar-refractivity contribution in [3.63, 3.8) is 0 Å². The maximum absolute atomic E-state index is 4.05. The van der Waals surface area contributed by atoms with Crippen molar-refractivity contribution in [1.29, 1.82) is 0 Å². The van der Waals surface area contributed by atoms with E-state index >= 15 is 0 Å². The molecular formula is C4H9S2. The normalized spacial score (nSPS) is 20.0. The second kappa shape index (κ2) is 2.80. The minimum Gasteiger partial charge on any atom is -0.175 e. The number of thiol groups is 2. The Hall–Kier alpha value is 0.700. The Morgan fingerprint density at radius 3 is 1.67 bits per heavy atom. The molecule has 0 aromatic carbocycles. The summed E-state index contributed by atoms with van der Waals surface area (Å²) in [5.41, 5.74) is 0. The van der Waals surface area contributed by atoms with E-state index in [0.29, 0.717) is 5.25 Å². The van der Waals surface area contributed by atoms with E-state index in [9.17, 15) is 0 Å². The summed E-state index contributed by atoms with van der Waals surface area (Å²) in [7, 11) is 0. The average Bonchev–Trinajstić information content (AvgIpc) is 1.36. The van der Waals surface area contributed by atoms with Crippen LogP contribution in [0.4, 0.5) is 0 Å². The minimum absolute atomic E-state index is 0.160. The van der Waals surface area contributed by atoms with Gasteiger partial charge < -0.3 is 0 Å². The molecule has 0 fully saturated rings. The van der Waals surface area contributed by atoms with Gasteiger partial charge in [-0.15, -0.1) is 0 Å². The predicted octanol–water partition coefficient (Wildman–Crippen LogP) is 1.44. The van der Waals surface area contributed by atoms with E-state index in [1.807, 2.05) is 6.92 Å². The van der Waals surface area contributed by atoms with E-state index in [1.54, 1.807) is 0 Å². The molecule has 37 valence electrons. The molecule has 6 heavy (non-hydrogen) atoms. The van der Waals surface area contributed by atoms with Gasteiger partial charge in [-0.3, -0.25) is 0 Å². The first-order valence-corrected chi connectivity index (χ1v) is 2.87. The van der Waals surface area contributed by atoms with Crippen molar-refractivity contribution < 1.29 is 0 Å². The topological polar surface area (TPSA) is 0 Å². The lowest BCUT2D eigenvalue weighted by atomic mass is 10.4. The first-order valence-electron chi connectivity index (χ1n) is 1.84. The zero-order valence-electron chi connectivity index (χ0n) is 3.76. The van der Waals surface area contributed by atoms with Crippen LogP contribution >= 0.6 is 25.3 Å². The van der Waals surface area contributed by atoms with Crippen LogP contribution in [0.25, 0.3) is 0 Å². The van der Waals surface area contributed by atoms with E-state index in [1.165, 1.54) is 0 Å². The van der Waals surface area contributed by atoms with Crippen molar-refractivity contribution in [3.05, 3.63) is 6.92 Å². The first-order chi connectivity index (χ1) is 2.64. The Balaban J connectivity index is 2.99. The Kier molecular flexibility index (Phi) is 3.13. The van der Waals surface area contributed by atoms with Crippen LogP contribution in [-0.4, -0.2) is 10.5 Å². The van der Waals surface area contributed by atoms with Crippen molar-refractivity contribution in [2.24, 2.45) is 0 Å². The molecule has 0 aromatic rings. The van der Waals surface area contributed by atoms with Gasteiger partial charge in [0.15, 0.2) is 0 Å². The van der Waals surface area contributed by atoms with Gasteiger partial charge in [0.25, 0.3) is 0 Å². The van der Waals surface area contributed by atoms with Crippen molar-refractivity contribution >= 4 is 25.3 Å². The van der Waals surface area contributed by atoms with Gasteiger partial charge in [0, 0.05) is 10.5 Å². The molecule has 0 spiro atoms. The van der Waals surface area contributed by atoms with Crippen LogP contribution in [0.1, 0.15) is 6.92 Å². The molecule has 0 nitrogen and oxygen atoms in total. The Bertz CT molecular complexity index is 26.5. The monoisotopic (exact) mass is 121 g/mol. The highest BCUT2D eigenvalue weighted by Gasteiger charge is 1.98.